The second-order valence-electron chi connectivity index (χ2n) is 3.19. The Morgan fingerprint density at radius 1 is 1.31 bits per heavy atom. The average molecular weight is 188 g/mol. The monoisotopic (exact) mass is 188 g/mol. The van der Waals surface area contributed by atoms with Gasteiger partial charge in [0.15, 0.2) is 6.10 Å². The van der Waals surface area contributed by atoms with Crippen molar-refractivity contribution in [1.82, 2.24) is 0 Å². The zero-order chi connectivity index (χ0) is 10.1. The molecule has 0 fully saturated rings. The highest BCUT2D eigenvalue weighted by Crippen LogP contribution is 2.07. The summed E-state index contributed by atoms with van der Waals surface area (Å²) in [7, 11) is 0. The van der Waals surface area contributed by atoms with Crippen LogP contribution in [0.15, 0.2) is 0 Å². The molecule has 3 nitrogen and oxygen atoms in total. The quantitative estimate of drug-likeness (QED) is 0.595. The van der Waals surface area contributed by atoms with Crippen molar-refractivity contribution in [3.63, 3.8) is 0 Å². The molecule has 13 heavy (non-hydrogen) atoms. The molecule has 1 atom stereocenters. The third-order valence-electron chi connectivity index (χ3n) is 1.87. The van der Waals surface area contributed by atoms with Gasteiger partial charge in [0, 0.05) is 6.61 Å². The summed E-state index contributed by atoms with van der Waals surface area (Å²) in [6, 6.07) is 0. The van der Waals surface area contributed by atoms with Gasteiger partial charge in [-0.3, -0.25) is 0 Å². The molecule has 0 heterocycles. The van der Waals surface area contributed by atoms with E-state index in [1.54, 1.807) is 0 Å². The van der Waals surface area contributed by atoms with Crippen LogP contribution in [0.4, 0.5) is 0 Å². The molecule has 0 aliphatic rings. The van der Waals surface area contributed by atoms with Gasteiger partial charge in [0.05, 0.1) is 0 Å². The molecule has 0 aromatic carbocycles. The molecule has 0 aliphatic carbocycles. The van der Waals surface area contributed by atoms with Gasteiger partial charge in [-0.15, -0.1) is 0 Å². The number of unbranched alkanes of at least 4 members (excludes halogenated alkanes) is 2. The second-order valence-corrected chi connectivity index (χ2v) is 3.19. The summed E-state index contributed by atoms with van der Waals surface area (Å²) < 4.78 is 5.20. The molecular weight excluding hydrogens is 168 g/mol. The molecule has 1 unspecified atom stereocenters. The van der Waals surface area contributed by atoms with E-state index in [9.17, 15) is 4.79 Å². The standard InChI is InChI=1S/C10H20O3/c1-3-5-6-7-9(10(11)12)13-8-4-2/h9H,3-8H2,1-2H3,(H,11,12). The number of hydrogen-bond acceptors (Lipinski definition) is 2. The molecule has 0 aromatic rings. The lowest BCUT2D eigenvalue weighted by Crippen LogP contribution is -2.24. The first-order valence-corrected chi connectivity index (χ1v) is 5.06. The van der Waals surface area contributed by atoms with Crippen LogP contribution in [-0.4, -0.2) is 23.8 Å². The molecule has 78 valence electrons. The molecule has 0 saturated heterocycles. The van der Waals surface area contributed by atoms with Crippen molar-refractivity contribution in [3.05, 3.63) is 0 Å². The lowest BCUT2D eigenvalue weighted by molar-refractivity contribution is -0.150. The molecule has 0 amide bonds. The fourth-order valence-corrected chi connectivity index (χ4v) is 1.12. The van der Waals surface area contributed by atoms with Gasteiger partial charge in [0.2, 0.25) is 0 Å². The van der Waals surface area contributed by atoms with Gasteiger partial charge in [-0.05, 0) is 12.8 Å². The second kappa shape index (κ2) is 8.05. The van der Waals surface area contributed by atoms with Crippen LogP contribution in [0, 0.1) is 0 Å². The highest BCUT2D eigenvalue weighted by molar-refractivity contribution is 5.72. The number of carbonyl (C=O) groups is 1. The molecular formula is C10H20O3. The predicted octanol–water partition coefficient (Wildman–Crippen LogP) is 2.45. The van der Waals surface area contributed by atoms with Crippen LogP contribution < -0.4 is 0 Å². The number of ether oxygens (including phenoxy) is 1. The van der Waals surface area contributed by atoms with E-state index in [1.807, 2.05) is 6.92 Å². The van der Waals surface area contributed by atoms with Crippen LogP contribution in [0.2, 0.25) is 0 Å². The normalized spacial score (nSPS) is 12.8. The van der Waals surface area contributed by atoms with Crippen LogP contribution in [0.1, 0.15) is 46.0 Å². The third kappa shape index (κ3) is 6.58. The van der Waals surface area contributed by atoms with Crippen molar-refractivity contribution < 1.29 is 14.6 Å². The van der Waals surface area contributed by atoms with E-state index in [0.717, 1.165) is 25.7 Å². The summed E-state index contributed by atoms with van der Waals surface area (Å²) in [4.78, 5) is 10.7. The van der Waals surface area contributed by atoms with Crippen molar-refractivity contribution in [2.24, 2.45) is 0 Å². The Balaban J connectivity index is 3.61. The molecule has 0 radical (unpaired) electrons. The van der Waals surface area contributed by atoms with Crippen LogP contribution in [0.5, 0.6) is 0 Å². The maximum absolute atomic E-state index is 10.7. The average Bonchev–Trinajstić information content (AvgIpc) is 2.10. The molecule has 0 aromatic heterocycles. The fraction of sp³-hybridized carbons (Fsp3) is 0.900. The lowest BCUT2D eigenvalue weighted by atomic mass is 10.1. The molecule has 0 rings (SSSR count). The Morgan fingerprint density at radius 3 is 2.46 bits per heavy atom. The maximum Gasteiger partial charge on any atom is 0.332 e. The highest BCUT2D eigenvalue weighted by atomic mass is 16.5. The molecule has 1 N–H and O–H groups in total. The Morgan fingerprint density at radius 2 is 2.00 bits per heavy atom. The smallest absolute Gasteiger partial charge is 0.332 e. The zero-order valence-electron chi connectivity index (χ0n) is 8.58. The van der Waals surface area contributed by atoms with Gasteiger partial charge in [-0.1, -0.05) is 33.1 Å². The zero-order valence-corrected chi connectivity index (χ0v) is 8.58. The fourth-order valence-electron chi connectivity index (χ4n) is 1.12. The van der Waals surface area contributed by atoms with Crippen LogP contribution in [0.25, 0.3) is 0 Å². The molecule has 3 heteroatoms. The van der Waals surface area contributed by atoms with E-state index in [0.29, 0.717) is 13.0 Å². The topological polar surface area (TPSA) is 46.5 Å². The first-order valence-electron chi connectivity index (χ1n) is 5.06. The molecule has 0 saturated carbocycles. The van der Waals surface area contributed by atoms with E-state index >= 15 is 0 Å². The summed E-state index contributed by atoms with van der Waals surface area (Å²) in [6.07, 6.45) is 4.06. The van der Waals surface area contributed by atoms with E-state index in [-0.39, 0.29) is 0 Å². The third-order valence-corrected chi connectivity index (χ3v) is 1.87. The first-order chi connectivity index (χ1) is 6.22. The van der Waals surface area contributed by atoms with Crippen molar-refractivity contribution in [2.75, 3.05) is 6.61 Å². The molecule has 0 bridgehead atoms. The Labute approximate surface area is 80.1 Å². The van der Waals surface area contributed by atoms with Gasteiger partial charge in [-0.2, -0.15) is 0 Å². The number of carboxylic acid groups (broad SMARTS) is 1. The van der Waals surface area contributed by atoms with Gasteiger partial charge in [0.1, 0.15) is 0 Å². The summed E-state index contributed by atoms with van der Waals surface area (Å²) in [5.74, 6) is -0.829. The van der Waals surface area contributed by atoms with E-state index in [1.165, 1.54) is 0 Å². The van der Waals surface area contributed by atoms with Crippen LogP contribution >= 0.6 is 0 Å². The van der Waals surface area contributed by atoms with Crippen molar-refractivity contribution in [1.29, 1.82) is 0 Å². The minimum absolute atomic E-state index is 0.545. The van der Waals surface area contributed by atoms with Gasteiger partial charge in [-0.25, -0.2) is 4.79 Å². The van der Waals surface area contributed by atoms with Crippen LogP contribution in [0.3, 0.4) is 0 Å². The largest absolute Gasteiger partial charge is 0.479 e. The van der Waals surface area contributed by atoms with E-state index in [4.69, 9.17) is 9.84 Å². The summed E-state index contributed by atoms with van der Waals surface area (Å²) in [5, 5.41) is 8.77. The number of hydrogen-bond donors (Lipinski definition) is 1. The van der Waals surface area contributed by atoms with E-state index < -0.39 is 12.1 Å². The van der Waals surface area contributed by atoms with Crippen molar-refractivity contribution >= 4 is 5.97 Å². The number of aliphatic carboxylic acids is 1. The van der Waals surface area contributed by atoms with Crippen molar-refractivity contribution in [3.8, 4) is 0 Å². The predicted molar refractivity (Wildman–Crippen MR) is 51.8 cm³/mol. The van der Waals surface area contributed by atoms with Gasteiger partial charge < -0.3 is 9.84 Å². The lowest BCUT2D eigenvalue weighted by Gasteiger charge is -2.12. The minimum Gasteiger partial charge on any atom is -0.479 e. The van der Waals surface area contributed by atoms with Gasteiger partial charge in [0.25, 0.3) is 0 Å². The van der Waals surface area contributed by atoms with Gasteiger partial charge >= 0.3 is 5.97 Å². The summed E-state index contributed by atoms with van der Waals surface area (Å²) in [6.45, 7) is 4.62. The number of rotatable bonds is 8. The highest BCUT2D eigenvalue weighted by Gasteiger charge is 2.16. The Kier molecular flexibility index (Phi) is 7.69. The minimum atomic E-state index is -0.829. The Hall–Kier alpha value is -0.570. The molecule has 0 aliphatic heterocycles. The van der Waals surface area contributed by atoms with Crippen molar-refractivity contribution in [2.45, 2.75) is 52.1 Å². The SMILES string of the molecule is CCCCCC(OCCC)C(=O)O. The van der Waals surface area contributed by atoms with Crippen LogP contribution in [-0.2, 0) is 9.53 Å². The summed E-state index contributed by atoms with van der Waals surface area (Å²) in [5.41, 5.74) is 0. The number of carboxylic acids is 1. The maximum atomic E-state index is 10.7. The molecule has 0 spiro atoms. The first kappa shape index (κ1) is 12.4. The van der Waals surface area contributed by atoms with E-state index in [2.05, 4.69) is 6.92 Å². The Bertz CT molecular complexity index is 134. The summed E-state index contributed by atoms with van der Waals surface area (Å²) >= 11 is 0.